The van der Waals surface area contributed by atoms with Crippen molar-refractivity contribution in [2.75, 3.05) is 0 Å². The Morgan fingerprint density at radius 1 is 0.362 bits per heavy atom. The molecular weight excluding hydrogens is 565 g/mol. The van der Waals surface area contributed by atoms with Crippen LogP contribution in [0.3, 0.4) is 0 Å². The lowest BCUT2D eigenvalue weighted by Gasteiger charge is -2.32. The van der Waals surface area contributed by atoms with E-state index in [0.29, 0.717) is 0 Å². The van der Waals surface area contributed by atoms with Gasteiger partial charge in [0.25, 0.3) is 0 Å². The lowest BCUT2D eigenvalue weighted by Crippen LogP contribution is -2.25. The van der Waals surface area contributed by atoms with E-state index in [-0.39, 0.29) is 5.41 Å². The normalized spacial score (nSPS) is 13.4. The van der Waals surface area contributed by atoms with Crippen molar-refractivity contribution in [3.8, 4) is 33.4 Å². The van der Waals surface area contributed by atoms with Gasteiger partial charge in [0.1, 0.15) is 0 Å². The Morgan fingerprint density at radius 2 is 0.745 bits per heavy atom. The molecule has 9 rings (SSSR count). The molecule has 8 aromatic carbocycles. The molecule has 0 amide bonds. The highest BCUT2D eigenvalue weighted by molar-refractivity contribution is 6.15. The zero-order chi connectivity index (χ0) is 31.5. The van der Waals surface area contributed by atoms with Crippen LogP contribution in [0.4, 0.5) is 0 Å². The lowest BCUT2D eigenvalue weighted by atomic mass is 9.70. The molecule has 0 heterocycles. The summed E-state index contributed by atoms with van der Waals surface area (Å²) in [5, 5.41) is 10.5. The van der Waals surface area contributed by atoms with Crippen LogP contribution in [0, 0.1) is 0 Å². The van der Waals surface area contributed by atoms with Crippen LogP contribution in [0.5, 0.6) is 0 Å². The van der Waals surface area contributed by atoms with E-state index in [1.807, 2.05) is 0 Å². The Morgan fingerprint density at radius 3 is 1.17 bits per heavy atom. The minimum atomic E-state index is -0.0144. The number of hydrogen-bond donors (Lipinski definition) is 0. The average molecular weight is 603 g/mol. The molecule has 0 saturated carbocycles. The van der Waals surface area contributed by atoms with E-state index in [9.17, 15) is 0 Å². The monoisotopic (exact) mass is 602 g/mol. The van der Waals surface area contributed by atoms with E-state index in [1.54, 1.807) is 0 Å². The highest BCUT2D eigenvalue weighted by Gasteiger charge is 2.42. The van der Waals surface area contributed by atoms with Crippen molar-refractivity contribution < 1.29 is 0 Å². The molecule has 0 unspecified atom stereocenters. The van der Waals surface area contributed by atoms with Crippen molar-refractivity contribution in [3.05, 3.63) is 157 Å². The van der Waals surface area contributed by atoms with Gasteiger partial charge in [0, 0.05) is 5.41 Å². The van der Waals surface area contributed by atoms with Gasteiger partial charge in [0.05, 0.1) is 0 Å². The van der Waals surface area contributed by atoms with E-state index in [2.05, 4.69) is 159 Å². The third-order valence-electron chi connectivity index (χ3n) is 10.9. The van der Waals surface area contributed by atoms with Crippen LogP contribution >= 0.6 is 0 Å². The summed E-state index contributed by atoms with van der Waals surface area (Å²) in [5.41, 5.74) is 11.1. The molecule has 0 N–H and O–H groups in total. The maximum Gasteiger partial charge on any atom is 0.0215 e. The Hall–Kier alpha value is -5.20. The van der Waals surface area contributed by atoms with Crippen molar-refractivity contribution >= 4 is 43.1 Å². The fourth-order valence-electron chi connectivity index (χ4n) is 8.93. The largest absolute Gasteiger partial charge is 0.0653 e. The summed E-state index contributed by atoms with van der Waals surface area (Å²) in [6.45, 7) is 4.72. The molecule has 0 heteroatoms. The first-order chi connectivity index (χ1) is 23.2. The quantitative estimate of drug-likeness (QED) is 0.166. The summed E-state index contributed by atoms with van der Waals surface area (Å²) in [6.07, 6.45) is 4.58. The molecule has 1 aliphatic rings. The van der Waals surface area contributed by atoms with Gasteiger partial charge in [-0.3, -0.25) is 0 Å². The Bertz CT molecular complexity index is 2320. The van der Waals surface area contributed by atoms with Crippen molar-refractivity contribution in [3.63, 3.8) is 0 Å². The molecule has 8 aromatic rings. The van der Waals surface area contributed by atoms with E-state index < -0.39 is 0 Å². The predicted octanol–water partition coefficient (Wildman–Crippen LogP) is 13.5. The van der Waals surface area contributed by atoms with Gasteiger partial charge in [-0.05, 0) is 125 Å². The van der Waals surface area contributed by atoms with Crippen LogP contribution < -0.4 is 0 Å². The van der Waals surface area contributed by atoms with Gasteiger partial charge in [0.15, 0.2) is 0 Å². The van der Waals surface area contributed by atoms with Crippen LogP contribution in [0.25, 0.3) is 76.5 Å². The summed E-state index contributed by atoms with van der Waals surface area (Å²) in [6, 6.07) is 55.0. The van der Waals surface area contributed by atoms with Gasteiger partial charge in [-0.25, -0.2) is 0 Å². The first-order valence-electron chi connectivity index (χ1n) is 17.3. The van der Waals surface area contributed by atoms with E-state index >= 15 is 0 Å². The van der Waals surface area contributed by atoms with Crippen LogP contribution in [-0.2, 0) is 5.41 Å². The zero-order valence-electron chi connectivity index (χ0n) is 27.2. The summed E-state index contributed by atoms with van der Waals surface area (Å²) in [4.78, 5) is 0. The van der Waals surface area contributed by atoms with Crippen LogP contribution in [0.2, 0.25) is 0 Å². The molecule has 0 bridgehead atoms. The highest BCUT2D eigenvalue weighted by Crippen LogP contribution is 2.56. The molecule has 0 radical (unpaired) electrons. The van der Waals surface area contributed by atoms with E-state index in [1.165, 1.54) is 87.6 Å². The van der Waals surface area contributed by atoms with E-state index in [0.717, 1.165) is 25.7 Å². The molecule has 0 fully saturated rings. The molecule has 0 saturated heterocycles. The standard InChI is InChI=1S/C47H38/c1-3-25-47(26-4-2)45-29-33(43-27-31-13-5-7-15-35(31)37-17-9-11-19-39(37)43)21-23-41(45)42-24-22-34(30-46(42)47)44-28-32-14-6-8-16-36(32)38-18-10-12-20-40(38)44/h5-24,27-30H,3-4,25-26H2,1-2H3. The van der Waals surface area contributed by atoms with Gasteiger partial charge in [-0.2, -0.15) is 0 Å². The number of benzene rings is 8. The Kier molecular flexibility index (Phi) is 6.54. The van der Waals surface area contributed by atoms with Gasteiger partial charge >= 0.3 is 0 Å². The summed E-state index contributed by atoms with van der Waals surface area (Å²) in [7, 11) is 0. The molecule has 0 nitrogen and oxygen atoms in total. The molecule has 226 valence electrons. The number of rotatable bonds is 6. The third kappa shape index (κ3) is 4.21. The Balaban J connectivity index is 1.27. The third-order valence-corrected chi connectivity index (χ3v) is 10.9. The first-order valence-corrected chi connectivity index (χ1v) is 17.3. The van der Waals surface area contributed by atoms with Crippen molar-refractivity contribution in [2.24, 2.45) is 0 Å². The van der Waals surface area contributed by atoms with Crippen molar-refractivity contribution in [2.45, 2.75) is 44.9 Å². The van der Waals surface area contributed by atoms with E-state index in [4.69, 9.17) is 0 Å². The maximum absolute atomic E-state index is 2.56. The molecule has 0 spiro atoms. The van der Waals surface area contributed by atoms with Crippen LogP contribution in [-0.4, -0.2) is 0 Å². The number of hydrogen-bond acceptors (Lipinski definition) is 0. The summed E-state index contributed by atoms with van der Waals surface area (Å²) >= 11 is 0. The zero-order valence-corrected chi connectivity index (χ0v) is 27.2. The smallest absolute Gasteiger partial charge is 0.0215 e. The lowest BCUT2D eigenvalue weighted by molar-refractivity contribution is 0.436. The summed E-state index contributed by atoms with van der Waals surface area (Å²) < 4.78 is 0. The minimum absolute atomic E-state index is 0.0144. The van der Waals surface area contributed by atoms with Gasteiger partial charge in [-0.1, -0.05) is 148 Å². The molecule has 1 aliphatic carbocycles. The molecule has 0 aliphatic heterocycles. The second kappa shape index (κ2) is 11.0. The predicted molar refractivity (Wildman–Crippen MR) is 203 cm³/mol. The summed E-state index contributed by atoms with van der Waals surface area (Å²) in [5.74, 6) is 0. The highest BCUT2D eigenvalue weighted by atomic mass is 14.4. The fraction of sp³-hybridized carbons (Fsp3) is 0.149. The van der Waals surface area contributed by atoms with Gasteiger partial charge in [-0.15, -0.1) is 0 Å². The molecule has 0 atom stereocenters. The Labute approximate surface area is 277 Å². The minimum Gasteiger partial charge on any atom is -0.0653 e. The number of fused-ring (bicyclic) bond motifs is 9. The molecule has 0 aromatic heterocycles. The topological polar surface area (TPSA) is 0 Å². The average Bonchev–Trinajstić information content (AvgIpc) is 3.39. The second-order valence-electron chi connectivity index (χ2n) is 13.5. The maximum atomic E-state index is 2.56. The van der Waals surface area contributed by atoms with Gasteiger partial charge in [0.2, 0.25) is 0 Å². The van der Waals surface area contributed by atoms with Crippen molar-refractivity contribution in [1.29, 1.82) is 0 Å². The van der Waals surface area contributed by atoms with Gasteiger partial charge < -0.3 is 0 Å². The fourth-order valence-corrected chi connectivity index (χ4v) is 8.93. The van der Waals surface area contributed by atoms with Crippen LogP contribution in [0.15, 0.2) is 146 Å². The second-order valence-corrected chi connectivity index (χ2v) is 13.5. The first kappa shape index (κ1) is 28.1. The van der Waals surface area contributed by atoms with Crippen molar-refractivity contribution in [1.82, 2.24) is 0 Å². The molecule has 47 heavy (non-hydrogen) atoms. The SMILES string of the molecule is CCCC1(CCC)c2cc(-c3cc4ccccc4c4ccccc34)ccc2-c2ccc(-c3cc4ccccc4c4ccccc34)cc21. The molecular formula is C47H38. The van der Waals surface area contributed by atoms with Crippen LogP contribution in [0.1, 0.15) is 50.7 Å².